The zero-order valence-electron chi connectivity index (χ0n) is 11.3. The fraction of sp³-hybridized carbons (Fsp3) is 0.538. The monoisotopic (exact) mass is 306 g/mol. The minimum absolute atomic E-state index is 0.574. The molecule has 5 heteroatoms. The van der Waals surface area contributed by atoms with E-state index < -0.39 is 5.69 Å². The average molecular weight is 306 g/mol. The van der Waals surface area contributed by atoms with Gasteiger partial charge in [-0.05, 0) is 31.6 Å². The van der Waals surface area contributed by atoms with Crippen molar-refractivity contribution in [1.82, 2.24) is 0 Å². The van der Waals surface area contributed by atoms with Crippen molar-refractivity contribution in [3.63, 3.8) is 0 Å². The lowest BCUT2D eigenvalue weighted by Gasteiger charge is -2.13. The van der Waals surface area contributed by atoms with Crippen LogP contribution < -0.4 is 0 Å². The molecule has 18 heavy (non-hydrogen) atoms. The lowest BCUT2D eigenvalue weighted by Crippen LogP contribution is -1.88. The lowest BCUT2D eigenvalue weighted by molar-refractivity contribution is 0.320. The Kier molecular flexibility index (Phi) is 11.1. The van der Waals surface area contributed by atoms with E-state index in [1.54, 1.807) is 0 Å². The highest BCUT2D eigenvalue weighted by Crippen LogP contribution is 2.56. The van der Waals surface area contributed by atoms with Crippen LogP contribution in [0.25, 0.3) is 0 Å². The third kappa shape index (κ3) is 11.2. The van der Waals surface area contributed by atoms with Gasteiger partial charge in [0.05, 0.1) is 6.61 Å². The van der Waals surface area contributed by atoms with E-state index in [0.717, 1.165) is 18.6 Å². The maximum Gasteiger partial charge on any atom is 0.244 e. The van der Waals surface area contributed by atoms with Crippen LogP contribution in [0, 0.1) is 6.92 Å². The summed E-state index contributed by atoms with van der Waals surface area (Å²) in [7, 11) is 0. The molecule has 1 rings (SSSR count). The van der Waals surface area contributed by atoms with Crippen LogP contribution in [0.2, 0.25) is 0 Å². The molecule has 0 amide bonds. The fourth-order valence-electron chi connectivity index (χ4n) is 0.985. The summed E-state index contributed by atoms with van der Waals surface area (Å²) in [6, 6.07) is 10.3. The van der Waals surface area contributed by atoms with Gasteiger partial charge in [-0.15, -0.1) is 0 Å². The third-order valence-corrected chi connectivity index (χ3v) is 6.39. The fourth-order valence-corrected chi connectivity index (χ4v) is 4.47. The minimum Gasteiger partial charge on any atom is -0.337 e. The second-order valence-corrected chi connectivity index (χ2v) is 10.1. The van der Waals surface area contributed by atoms with Crippen molar-refractivity contribution in [2.75, 3.05) is 12.4 Å². The molecule has 2 nitrogen and oxygen atoms in total. The maximum atomic E-state index is 9.44. The lowest BCUT2D eigenvalue weighted by atomic mass is 10.2. The molecule has 1 aromatic rings. The predicted octanol–water partition coefficient (Wildman–Crippen LogP) is 4.77. The first kappa shape index (κ1) is 18.1. The number of hydrogen-bond donors (Lipinski definition) is 1. The normalized spacial score (nSPS) is 13.3. The molecule has 0 saturated heterocycles. The van der Waals surface area contributed by atoms with E-state index in [4.69, 9.17) is 16.3 Å². The molecule has 1 unspecified atom stereocenters. The Labute approximate surface area is 120 Å². The van der Waals surface area contributed by atoms with Crippen LogP contribution >= 0.6 is 17.1 Å². The molecule has 104 valence electrons. The van der Waals surface area contributed by atoms with E-state index in [1.165, 1.54) is 16.9 Å². The molecule has 1 aromatic carbocycles. The molecule has 0 saturated carbocycles. The van der Waals surface area contributed by atoms with Gasteiger partial charge >= 0.3 is 0 Å². The van der Waals surface area contributed by atoms with Gasteiger partial charge in [-0.2, -0.15) is 0 Å². The Morgan fingerprint density at radius 2 is 1.83 bits per heavy atom. The van der Waals surface area contributed by atoms with E-state index in [0.29, 0.717) is 6.61 Å². The zero-order valence-corrected chi connectivity index (χ0v) is 13.9. The van der Waals surface area contributed by atoms with Gasteiger partial charge in [0, 0.05) is 5.75 Å². The smallest absolute Gasteiger partial charge is 0.244 e. The van der Waals surface area contributed by atoms with Crippen LogP contribution in [-0.4, -0.2) is 17.3 Å². The van der Waals surface area contributed by atoms with Crippen molar-refractivity contribution in [2.45, 2.75) is 33.6 Å². The van der Waals surface area contributed by atoms with Crippen molar-refractivity contribution >= 4 is 28.9 Å². The van der Waals surface area contributed by atoms with Crippen molar-refractivity contribution in [1.29, 1.82) is 0 Å². The molecule has 0 heterocycles. The van der Waals surface area contributed by atoms with E-state index >= 15 is 0 Å². The van der Waals surface area contributed by atoms with Gasteiger partial charge in [0.15, 0.2) is 0 Å². The number of benzene rings is 1. The number of hydrogen-bond acceptors (Lipinski definition) is 3. The summed E-state index contributed by atoms with van der Waals surface area (Å²) in [5.74, 6) is 0.886. The Balaban J connectivity index is 0.000000351. The topological polar surface area (TPSA) is 29.5 Å². The molecule has 0 radical (unpaired) electrons. The van der Waals surface area contributed by atoms with Crippen LogP contribution in [0.15, 0.2) is 30.3 Å². The van der Waals surface area contributed by atoms with Gasteiger partial charge in [0.25, 0.3) is 0 Å². The molecule has 0 aliphatic rings. The van der Waals surface area contributed by atoms with Crippen molar-refractivity contribution in [2.24, 2.45) is 0 Å². The first-order valence-corrected chi connectivity index (χ1v) is 10.4. The van der Waals surface area contributed by atoms with Crippen molar-refractivity contribution < 1.29 is 9.42 Å². The van der Waals surface area contributed by atoms with Crippen molar-refractivity contribution in [3.05, 3.63) is 35.9 Å². The SMILES string of the molecule is CCCOP(O)(=S)SCCC.Cc1ccccc1. The minimum atomic E-state index is -2.48. The van der Waals surface area contributed by atoms with Crippen LogP contribution in [0.4, 0.5) is 0 Å². The number of aryl methyl sites for hydroxylation is 1. The Morgan fingerprint density at radius 3 is 2.22 bits per heavy atom. The largest absolute Gasteiger partial charge is 0.337 e. The molecule has 1 N–H and O–H groups in total. The van der Waals surface area contributed by atoms with E-state index in [-0.39, 0.29) is 0 Å². The van der Waals surface area contributed by atoms with Gasteiger partial charge in [-0.1, -0.05) is 61.1 Å². The van der Waals surface area contributed by atoms with Crippen LogP contribution in [0.1, 0.15) is 32.3 Å². The molecular weight excluding hydrogens is 283 g/mol. The second kappa shape index (κ2) is 11.0. The highest BCUT2D eigenvalue weighted by Gasteiger charge is 2.12. The van der Waals surface area contributed by atoms with Crippen LogP contribution in [-0.2, 0) is 16.3 Å². The summed E-state index contributed by atoms with van der Waals surface area (Å²) < 4.78 is 5.13. The Bertz CT molecular complexity index is 332. The summed E-state index contributed by atoms with van der Waals surface area (Å²) in [6.45, 7) is 6.71. The molecular formula is C13H23O2PS2. The molecule has 0 spiro atoms. The maximum absolute atomic E-state index is 9.44. The van der Waals surface area contributed by atoms with E-state index in [2.05, 4.69) is 26.0 Å². The molecule has 0 fully saturated rings. The highest BCUT2D eigenvalue weighted by atomic mass is 32.9. The van der Waals surface area contributed by atoms with Gasteiger partial charge in [-0.3, -0.25) is 0 Å². The highest BCUT2D eigenvalue weighted by molar-refractivity contribution is 8.67. The Hall–Kier alpha value is 0.140. The molecule has 0 aliphatic carbocycles. The quantitative estimate of drug-likeness (QED) is 0.767. The summed E-state index contributed by atoms with van der Waals surface area (Å²) >= 11 is 6.26. The summed E-state index contributed by atoms with van der Waals surface area (Å²) in [4.78, 5) is 9.44. The first-order chi connectivity index (χ1) is 8.52. The second-order valence-electron chi connectivity index (χ2n) is 3.79. The molecule has 0 aliphatic heterocycles. The first-order valence-electron chi connectivity index (χ1n) is 6.15. The number of rotatable bonds is 6. The Morgan fingerprint density at radius 1 is 1.22 bits per heavy atom. The third-order valence-electron chi connectivity index (χ3n) is 1.86. The summed E-state index contributed by atoms with van der Waals surface area (Å²) in [6.07, 6.45) is 1.94. The van der Waals surface area contributed by atoms with Gasteiger partial charge in [0.2, 0.25) is 5.69 Å². The summed E-state index contributed by atoms with van der Waals surface area (Å²) in [5, 5.41) is 0. The molecule has 0 aromatic heterocycles. The van der Waals surface area contributed by atoms with Crippen LogP contribution in [0.3, 0.4) is 0 Å². The van der Waals surface area contributed by atoms with Crippen molar-refractivity contribution in [3.8, 4) is 0 Å². The van der Waals surface area contributed by atoms with Gasteiger partial charge in [-0.25, -0.2) is 0 Å². The molecule has 0 bridgehead atoms. The molecule has 1 atom stereocenters. The summed E-state index contributed by atoms with van der Waals surface area (Å²) in [5.41, 5.74) is -1.15. The van der Waals surface area contributed by atoms with E-state index in [9.17, 15) is 4.89 Å². The van der Waals surface area contributed by atoms with Gasteiger partial charge < -0.3 is 9.42 Å². The predicted molar refractivity (Wildman–Crippen MR) is 86.7 cm³/mol. The van der Waals surface area contributed by atoms with Gasteiger partial charge in [0.1, 0.15) is 0 Å². The van der Waals surface area contributed by atoms with Crippen LogP contribution in [0.5, 0.6) is 0 Å². The van der Waals surface area contributed by atoms with E-state index in [1.807, 2.05) is 25.1 Å². The average Bonchev–Trinajstić information content (AvgIpc) is 2.36. The standard InChI is InChI=1S/C7H8.C6H15O2PS2/c1-7-5-3-2-4-6-7;1-3-5-8-9(7,10)11-6-4-2/h2-6H,1H3;3-6H2,1-2H3,(H,7,10). The zero-order chi connectivity index (χ0) is 13.9.